The number of rotatable bonds is 7. The molecule has 9 rings (SSSR count). The van der Waals surface area contributed by atoms with Crippen molar-refractivity contribution in [3.8, 4) is 39.1 Å². The fourth-order valence-electron chi connectivity index (χ4n) is 7.74. The van der Waals surface area contributed by atoms with Crippen molar-refractivity contribution in [1.82, 2.24) is 4.57 Å². The largest absolute Gasteiger partial charge is 0.311 e. The molecule has 0 radical (unpaired) electrons. The van der Waals surface area contributed by atoms with Crippen molar-refractivity contribution < 1.29 is 0 Å². The van der Waals surface area contributed by atoms with E-state index < -0.39 is 0 Å². The third kappa shape index (κ3) is 6.16. The standard InChI is InChI=1S/C52H42N2/c1-52(2,3)42-29-22-39(23-30-42)41-28-35-51-48(36-41)47-19-11-13-21-50(47)54(51)49-20-12-10-18-46(49)40-26-33-45(34-27-40)53(43-16-8-5-9-17-43)44-31-24-38(25-32-44)37-14-6-4-7-15-37/h4-36H,1-3H3. The molecule has 0 bridgehead atoms. The number of aromatic nitrogens is 1. The van der Waals surface area contributed by atoms with Crippen LogP contribution in [0.5, 0.6) is 0 Å². The molecule has 0 aliphatic rings. The molecule has 9 aromatic rings. The molecule has 0 unspecified atom stereocenters. The van der Waals surface area contributed by atoms with Crippen LogP contribution in [0.3, 0.4) is 0 Å². The Bertz CT molecular complexity index is 2700. The third-order valence-corrected chi connectivity index (χ3v) is 10.6. The Hall–Kier alpha value is -6.64. The van der Waals surface area contributed by atoms with Gasteiger partial charge in [0.05, 0.1) is 16.7 Å². The smallest absolute Gasteiger partial charge is 0.0541 e. The van der Waals surface area contributed by atoms with Crippen LogP contribution < -0.4 is 4.90 Å². The average molecular weight is 695 g/mol. The van der Waals surface area contributed by atoms with Crippen LogP contribution in [0, 0.1) is 0 Å². The van der Waals surface area contributed by atoms with E-state index in [1.54, 1.807) is 0 Å². The Morgan fingerprint density at radius 2 is 0.852 bits per heavy atom. The number of anilines is 3. The zero-order chi connectivity index (χ0) is 36.6. The van der Waals surface area contributed by atoms with Crippen molar-refractivity contribution in [2.24, 2.45) is 0 Å². The van der Waals surface area contributed by atoms with Crippen LogP contribution in [0.25, 0.3) is 60.9 Å². The lowest BCUT2D eigenvalue weighted by Gasteiger charge is -2.26. The summed E-state index contributed by atoms with van der Waals surface area (Å²) in [5.41, 5.74) is 15.6. The van der Waals surface area contributed by atoms with E-state index in [0.29, 0.717) is 0 Å². The number of hydrogen-bond donors (Lipinski definition) is 0. The monoisotopic (exact) mass is 694 g/mol. The first-order valence-corrected chi connectivity index (χ1v) is 18.8. The van der Waals surface area contributed by atoms with Gasteiger partial charge in [-0.2, -0.15) is 0 Å². The first-order valence-electron chi connectivity index (χ1n) is 18.8. The van der Waals surface area contributed by atoms with Crippen molar-refractivity contribution >= 4 is 38.9 Å². The summed E-state index contributed by atoms with van der Waals surface area (Å²) in [7, 11) is 0. The van der Waals surface area contributed by atoms with Gasteiger partial charge in [-0.3, -0.25) is 0 Å². The van der Waals surface area contributed by atoms with Gasteiger partial charge in [0.25, 0.3) is 0 Å². The lowest BCUT2D eigenvalue weighted by molar-refractivity contribution is 0.590. The first kappa shape index (κ1) is 33.2. The highest BCUT2D eigenvalue weighted by Gasteiger charge is 2.18. The molecular formula is C52H42N2. The van der Waals surface area contributed by atoms with E-state index in [9.17, 15) is 0 Å². The van der Waals surface area contributed by atoms with Crippen LogP contribution in [0.15, 0.2) is 200 Å². The quantitative estimate of drug-likeness (QED) is 0.161. The molecule has 0 fully saturated rings. The molecule has 0 amide bonds. The maximum absolute atomic E-state index is 2.44. The van der Waals surface area contributed by atoms with Crippen LogP contribution in [0.4, 0.5) is 17.1 Å². The van der Waals surface area contributed by atoms with E-state index in [1.807, 2.05) is 0 Å². The van der Waals surface area contributed by atoms with Gasteiger partial charge in [0.2, 0.25) is 0 Å². The molecule has 0 aliphatic carbocycles. The first-order chi connectivity index (χ1) is 26.4. The van der Waals surface area contributed by atoms with Crippen molar-refractivity contribution in [2.75, 3.05) is 4.90 Å². The maximum Gasteiger partial charge on any atom is 0.0541 e. The van der Waals surface area contributed by atoms with E-state index in [4.69, 9.17) is 0 Å². The topological polar surface area (TPSA) is 8.17 Å². The molecule has 2 heteroatoms. The summed E-state index contributed by atoms with van der Waals surface area (Å²) >= 11 is 0. The second kappa shape index (κ2) is 13.7. The van der Waals surface area contributed by atoms with Gasteiger partial charge in [-0.25, -0.2) is 0 Å². The Kier molecular flexibility index (Phi) is 8.44. The van der Waals surface area contributed by atoms with E-state index in [1.165, 1.54) is 60.8 Å². The van der Waals surface area contributed by atoms with Crippen molar-refractivity contribution in [1.29, 1.82) is 0 Å². The maximum atomic E-state index is 2.44. The molecule has 0 atom stereocenters. The minimum atomic E-state index is 0.125. The Balaban J connectivity index is 1.11. The molecule has 0 spiro atoms. The van der Waals surface area contributed by atoms with E-state index in [0.717, 1.165) is 22.7 Å². The van der Waals surface area contributed by atoms with E-state index in [-0.39, 0.29) is 5.41 Å². The molecule has 54 heavy (non-hydrogen) atoms. The third-order valence-electron chi connectivity index (χ3n) is 10.6. The minimum absolute atomic E-state index is 0.125. The van der Waals surface area contributed by atoms with Gasteiger partial charge in [0.15, 0.2) is 0 Å². The molecular weight excluding hydrogens is 653 g/mol. The molecule has 1 heterocycles. The van der Waals surface area contributed by atoms with Crippen LogP contribution in [0.1, 0.15) is 26.3 Å². The van der Waals surface area contributed by atoms with Gasteiger partial charge in [-0.05, 0) is 99.5 Å². The molecule has 0 N–H and O–H groups in total. The summed E-state index contributed by atoms with van der Waals surface area (Å²) in [6.45, 7) is 6.79. The normalized spacial score (nSPS) is 11.6. The zero-order valence-electron chi connectivity index (χ0n) is 30.9. The SMILES string of the molecule is CC(C)(C)c1ccc(-c2ccc3c(c2)c2ccccc2n3-c2ccccc2-c2ccc(N(c3ccccc3)c3ccc(-c4ccccc4)cc3)cc2)cc1. The summed E-state index contributed by atoms with van der Waals surface area (Å²) in [6.07, 6.45) is 0. The van der Waals surface area contributed by atoms with E-state index >= 15 is 0 Å². The summed E-state index contributed by atoms with van der Waals surface area (Å²) in [4.78, 5) is 2.33. The summed E-state index contributed by atoms with van der Waals surface area (Å²) in [6, 6.07) is 72.6. The highest BCUT2D eigenvalue weighted by atomic mass is 15.1. The number of para-hydroxylation sites is 3. The lowest BCUT2D eigenvalue weighted by atomic mass is 9.86. The van der Waals surface area contributed by atoms with Crippen molar-refractivity contribution in [3.63, 3.8) is 0 Å². The average Bonchev–Trinajstić information content (AvgIpc) is 3.55. The highest BCUT2D eigenvalue weighted by molar-refractivity contribution is 6.11. The number of nitrogens with zero attached hydrogens (tertiary/aromatic N) is 2. The number of fused-ring (bicyclic) bond motifs is 3. The molecule has 8 aromatic carbocycles. The molecule has 0 saturated heterocycles. The Morgan fingerprint density at radius 1 is 0.370 bits per heavy atom. The molecule has 2 nitrogen and oxygen atoms in total. The second-order valence-corrected chi connectivity index (χ2v) is 15.1. The van der Waals surface area contributed by atoms with Crippen LogP contribution >= 0.6 is 0 Å². The van der Waals surface area contributed by atoms with Crippen molar-refractivity contribution in [2.45, 2.75) is 26.2 Å². The van der Waals surface area contributed by atoms with Crippen molar-refractivity contribution in [3.05, 3.63) is 206 Å². The van der Waals surface area contributed by atoms with E-state index in [2.05, 4.69) is 230 Å². The van der Waals surface area contributed by atoms with Crippen LogP contribution in [-0.4, -0.2) is 4.57 Å². The van der Waals surface area contributed by atoms with Gasteiger partial charge < -0.3 is 9.47 Å². The number of benzene rings is 8. The summed E-state index contributed by atoms with van der Waals surface area (Å²) in [5.74, 6) is 0. The molecule has 0 saturated carbocycles. The predicted molar refractivity (Wildman–Crippen MR) is 230 cm³/mol. The fraction of sp³-hybridized carbons (Fsp3) is 0.0769. The minimum Gasteiger partial charge on any atom is -0.311 e. The second-order valence-electron chi connectivity index (χ2n) is 15.1. The Labute approximate surface area is 318 Å². The van der Waals surface area contributed by atoms with Gasteiger partial charge in [-0.1, -0.05) is 160 Å². The summed E-state index contributed by atoms with van der Waals surface area (Å²) < 4.78 is 2.44. The van der Waals surface area contributed by atoms with Gasteiger partial charge in [0.1, 0.15) is 0 Å². The van der Waals surface area contributed by atoms with Gasteiger partial charge in [0, 0.05) is 33.4 Å². The van der Waals surface area contributed by atoms with Gasteiger partial charge in [-0.15, -0.1) is 0 Å². The molecule has 0 aliphatic heterocycles. The van der Waals surface area contributed by atoms with Crippen LogP contribution in [0.2, 0.25) is 0 Å². The summed E-state index contributed by atoms with van der Waals surface area (Å²) in [5, 5.41) is 2.51. The molecule has 1 aromatic heterocycles. The zero-order valence-corrected chi connectivity index (χ0v) is 30.9. The predicted octanol–water partition coefficient (Wildman–Crippen LogP) is 14.6. The lowest BCUT2D eigenvalue weighted by Crippen LogP contribution is -2.10. The van der Waals surface area contributed by atoms with Gasteiger partial charge >= 0.3 is 0 Å². The fourth-order valence-corrected chi connectivity index (χ4v) is 7.74. The highest BCUT2D eigenvalue weighted by Crippen LogP contribution is 2.40. The number of hydrogen-bond acceptors (Lipinski definition) is 1. The Morgan fingerprint density at radius 3 is 1.54 bits per heavy atom. The van der Waals surface area contributed by atoms with Crippen LogP contribution in [-0.2, 0) is 5.41 Å². The molecule has 260 valence electrons.